The SMILES string of the molecule is C=C(C)CCC(CC)CCC(=C)CCCCCC. The van der Waals surface area contributed by atoms with Crippen molar-refractivity contribution >= 4 is 0 Å². The van der Waals surface area contributed by atoms with E-state index in [1.54, 1.807) is 0 Å². The summed E-state index contributed by atoms with van der Waals surface area (Å²) in [4.78, 5) is 0. The highest BCUT2D eigenvalue weighted by atomic mass is 14.1. The van der Waals surface area contributed by atoms with Crippen LogP contribution >= 0.6 is 0 Å². The van der Waals surface area contributed by atoms with Gasteiger partial charge in [-0.25, -0.2) is 0 Å². The number of unbranched alkanes of at least 4 members (excludes halogenated alkanes) is 3. The molecular formula is C18H34. The summed E-state index contributed by atoms with van der Waals surface area (Å²) < 4.78 is 0. The number of rotatable bonds is 12. The molecule has 0 rings (SSSR count). The first-order valence-electron chi connectivity index (χ1n) is 7.91. The van der Waals surface area contributed by atoms with E-state index in [9.17, 15) is 0 Å². The van der Waals surface area contributed by atoms with Crippen molar-refractivity contribution in [2.24, 2.45) is 5.92 Å². The molecule has 0 saturated heterocycles. The van der Waals surface area contributed by atoms with Crippen LogP contribution in [0.15, 0.2) is 24.3 Å². The Labute approximate surface area is 116 Å². The largest absolute Gasteiger partial charge is 0.100 e. The van der Waals surface area contributed by atoms with Gasteiger partial charge in [-0.05, 0) is 51.4 Å². The first-order valence-corrected chi connectivity index (χ1v) is 7.91. The smallest absolute Gasteiger partial charge is 0.0320 e. The standard InChI is InChI=1S/C18H34/c1-6-8-9-10-11-17(5)13-15-18(7-2)14-12-16(3)4/h18H,3,5-15H2,1-2,4H3. The van der Waals surface area contributed by atoms with Gasteiger partial charge < -0.3 is 0 Å². The molecule has 0 aliphatic heterocycles. The normalized spacial score (nSPS) is 12.4. The van der Waals surface area contributed by atoms with E-state index >= 15 is 0 Å². The fourth-order valence-electron chi connectivity index (χ4n) is 2.34. The first kappa shape index (κ1) is 17.5. The molecule has 0 aliphatic rings. The van der Waals surface area contributed by atoms with Crippen LogP contribution in [-0.4, -0.2) is 0 Å². The van der Waals surface area contributed by atoms with Gasteiger partial charge in [0.05, 0.1) is 0 Å². The predicted molar refractivity (Wildman–Crippen MR) is 85.0 cm³/mol. The molecule has 0 nitrogen and oxygen atoms in total. The third-order valence-corrected chi connectivity index (χ3v) is 3.85. The highest BCUT2D eigenvalue weighted by Crippen LogP contribution is 2.23. The zero-order chi connectivity index (χ0) is 13.8. The van der Waals surface area contributed by atoms with Gasteiger partial charge in [-0.2, -0.15) is 0 Å². The molecular weight excluding hydrogens is 216 g/mol. The molecule has 0 bridgehead atoms. The molecule has 0 aromatic heterocycles. The molecule has 106 valence electrons. The lowest BCUT2D eigenvalue weighted by Gasteiger charge is -2.15. The minimum absolute atomic E-state index is 0.870. The average Bonchev–Trinajstić information content (AvgIpc) is 2.34. The van der Waals surface area contributed by atoms with E-state index < -0.39 is 0 Å². The van der Waals surface area contributed by atoms with Crippen molar-refractivity contribution in [3.05, 3.63) is 24.3 Å². The van der Waals surface area contributed by atoms with E-state index in [4.69, 9.17) is 0 Å². The van der Waals surface area contributed by atoms with Gasteiger partial charge in [0.25, 0.3) is 0 Å². The first-order chi connectivity index (χ1) is 8.60. The number of hydrogen-bond acceptors (Lipinski definition) is 0. The van der Waals surface area contributed by atoms with Crippen LogP contribution in [0.1, 0.15) is 85.0 Å². The Bertz CT molecular complexity index is 224. The number of allylic oxidation sites excluding steroid dienone is 2. The van der Waals surface area contributed by atoms with Gasteiger partial charge in [0.15, 0.2) is 0 Å². The summed E-state index contributed by atoms with van der Waals surface area (Å²) in [5.74, 6) is 0.870. The van der Waals surface area contributed by atoms with Crippen LogP contribution in [0.2, 0.25) is 0 Å². The summed E-state index contributed by atoms with van der Waals surface area (Å²) >= 11 is 0. The summed E-state index contributed by atoms with van der Waals surface area (Å²) in [5.41, 5.74) is 2.80. The highest BCUT2D eigenvalue weighted by molar-refractivity contribution is 4.94. The quantitative estimate of drug-likeness (QED) is 0.268. The Balaban J connectivity index is 3.63. The molecule has 0 spiro atoms. The molecule has 0 aromatic rings. The molecule has 0 N–H and O–H groups in total. The molecule has 0 saturated carbocycles. The van der Waals surface area contributed by atoms with Crippen molar-refractivity contribution in [2.75, 3.05) is 0 Å². The van der Waals surface area contributed by atoms with Gasteiger partial charge in [-0.3, -0.25) is 0 Å². The van der Waals surface area contributed by atoms with Crippen LogP contribution in [0, 0.1) is 5.92 Å². The Morgan fingerprint density at radius 2 is 1.56 bits per heavy atom. The van der Waals surface area contributed by atoms with E-state index in [0.717, 1.165) is 5.92 Å². The van der Waals surface area contributed by atoms with E-state index in [-0.39, 0.29) is 0 Å². The molecule has 0 aromatic carbocycles. The highest BCUT2D eigenvalue weighted by Gasteiger charge is 2.07. The van der Waals surface area contributed by atoms with Crippen LogP contribution in [0.25, 0.3) is 0 Å². The Kier molecular flexibility index (Phi) is 11.2. The van der Waals surface area contributed by atoms with Gasteiger partial charge in [-0.15, -0.1) is 6.58 Å². The van der Waals surface area contributed by atoms with Crippen LogP contribution in [0.3, 0.4) is 0 Å². The molecule has 0 heterocycles. The molecule has 18 heavy (non-hydrogen) atoms. The lowest BCUT2D eigenvalue weighted by Crippen LogP contribution is -2.00. The second kappa shape index (κ2) is 11.6. The third kappa shape index (κ3) is 10.6. The minimum atomic E-state index is 0.870. The Hall–Kier alpha value is -0.520. The molecule has 0 heteroatoms. The molecule has 0 radical (unpaired) electrons. The second-order valence-electron chi connectivity index (χ2n) is 5.87. The van der Waals surface area contributed by atoms with Crippen LogP contribution in [0.4, 0.5) is 0 Å². The summed E-state index contributed by atoms with van der Waals surface area (Å²) in [6.07, 6.45) is 13.0. The van der Waals surface area contributed by atoms with Gasteiger partial charge in [0.1, 0.15) is 0 Å². The predicted octanol–water partition coefficient (Wildman–Crippen LogP) is 6.68. The molecule has 1 atom stereocenters. The average molecular weight is 250 g/mol. The fraction of sp³-hybridized carbons (Fsp3) is 0.778. The summed E-state index contributed by atoms with van der Waals surface area (Å²) in [7, 11) is 0. The van der Waals surface area contributed by atoms with Crippen molar-refractivity contribution in [1.82, 2.24) is 0 Å². The lowest BCUT2D eigenvalue weighted by molar-refractivity contribution is 0.433. The maximum atomic E-state index is 4.24. The zero-order valence-corrected chi connectivity index (χ0v) is 13.1. The number of hydrogen-bond donors (Lipinski definition) is 0. The van der Waals surface area contributed by atoms with Gasteiger partial charge in [0.2, 0.25) is 0 Å². The van der Waals surface area contributed by atoms with Crippen LogP contribution in [-0.2, 0) is 0 Å². The summed E-state index contributed by atoms with van der Waals surface area (Å²) in [6, 6.07) is 0. The van der Waals surface area contributed by atoms with Crippen LogP contribution in [0.5, 0.6) is 0 Å². The molecule has 0 fully saturated rings. The zero-order valence-electron chi connectivity index (χ0n) is 13.1. The van der Waals surface area contributed by atoms with Gasteiger partial charge >= 0.3 is 0 Å². The van der Waals surface area contributed by atoms with E-state index in [2.05, 4.69) is 33.9 Å². The molecule has 0 amide bonds. The summed E-state index contributed by atoms with van der Waals surface area (Å²) in [5, 5.41) is 0. The Morgan fingerprint density at radius 1 is 0.889 bits per heavy atom. The van der Waals surface area contributed by atoms with E-state index in [1.807, 2.05) is 0 Å². The third-order valence-electron chi connectivity index (χ3n) is 3.85. The monoisotopic (exact) mass is 250 g/mol. The van der Waals surface area contributed by atoms with E-state index in [1.165, 1.54) is 75.4 Å². The maximum absolute atomic E-state index is 4.24. The van der Waals surface area contributed by atoms with Gasteiger partial charge in [-0.1, -0.05) is 57.3 Å². The van der Waals surface area contributed by atoms with Crippen molar-refractivity contribution in [2.45, 2.75) is 85.0 Å². The van der Waals surface area contributed by atoms with Crippen LogP contribution < -0.4 is 0 Å². The van der Waals surface area contributed by atoms with Crippen molar-refractivity contribution in [3.63, 3.8) is 0 Å². The minimum Gasteiger partial charge on any atom is -0.100 e. The fourth-order valence-corrected chi connectivity index (χ4v) is 2.34. The second-order valence-corrected chi connectivity index (χ2v) is 5.87. The van der Waals surface area contributed by atoms with Crippen molar-refractivity contribution < 1.29 is 0 Å². The van der Waals surface area contributed by atoms with E-state index in [0.29, 0.717) is 0 Å². The Morgan fingerprint density at radius 3 is 2.11 bits per heavy atom. The topological polar surface area (TPSA) is 0 Å². The lowest BCUT2D eigenvalue weighted by atomic mass is 9.91. The van der Waals surface area contributed by atoms with Crippen molar-refractivity contribution in [3.8, 4) is 0 Å². The maximum Gasteiger partial charge on any atom is -0.0320 e. The van der Waals surface area contributed by atoms with Crippen molar-refractivity contribution in [1.29, 1.82) is 0 Å². The molecule has 0 aliphatic carbocycles. The summed E-state index contributed by atoms with van der Waals surface area (Å²) in [6.45, 7) is 15.0. The molecule has 1 unspecified atom stereocenters. The van der Waals surface area contributed by atoms with Gasteiger partial charge in [0, 0.05) is 0 Å².